The lowest BCUT2D eigenvalue weighted by atomic mass is 10.0. The van der Waals surface area contributed by atoms with Crippen molar-refractivity contribution in [2.75, 3.05) is 7.11 Å². The number of amides is 1. The minimum atomic E-state index is -0.0346. The second-order valence-corrected chi connectivity index (χ2v) is 6.86. The van der Waals surface area contributed by atoms with E-state index in [1.807, 2.05) is 43.3 Å². The Balaban J connectivity index is 1.55. The molecule has 2 aromatic carbocycles. The van der Waals surface area contributed by atoms with Gasteiger partial charge in [-0.25, -0.2) is 4.98 Å². The Morgan fingerprint density at radius 1 is 1.18 bits per heavy atom. The Kier molecular flexibility index (Phi) is 6.71. The van der Waals surface area contributed by atoms with Crippen LogP contribution in [-0.4, -0.2) is 18.0 Å². The van der Waals surface area contributed by atoms with Crippen LogP contribution in [0.25, 0.3) is 11.3 Å². The number of nitrogens with zero attached hydrogens (tertiary/aromatic N) is 1. The number of aryl methyl sites for hydroxylation is 1. The lowest BCUT2D eigenvalue weighted by Gasteiger charge is -2.17. The van der Waals surface area contributed by atoms with Crippen molar-refractivity contribution in [2.24, 2.45) is 0 Å². The highest BCUT2D eigenvalue weighted by Gasteiger charge is 2.14. The molecule has 6 heteroatoms. The van der Waals surface area contributed by atoms with Crippen molar-refractivity contribution in [1.82, 2.24) is 10.3 Å². The number of aromatic nitrogens is 1. The minimum Gasteiger partial charge on any atom is -0.497 e. The average Bonchev–Trinajstić information content (AvgIpc) is 3.20. The van der Waals surface area contributed by atoms with E-state index in [2.05, 4.69) is 10.3 Å². The molecule has 5 nitrogen and oxygen atoms in total. The van der Waals surface area contributed by atoms with E-state index >= 15 is 0 Å². The zero-order chi connectivity index (χ0) is 19.9. The maximum atomic E-state index is 12.4. The van der Waals surface area contributed by atoms with Gasteiger partial charge in [0, 0.05) is 23.4 Å². The highest BCUT2D eigenvalue weighted by molar-refractivity contribution is 6.30. The average molecular weight is 399 g/mol. The van der Waals surface area contributed by atoms with Gasteiger partial charge in [0.1, 0.15) is 5.75 Å². The quantitative estimate of drug-likeness (QED) is 0.566. The summed E-state index contributed by atoms with van der Waals surface area (Å²) in [5.74, 6) is 1.97. The molecule has 0 saturated carbocycles. The van der Waals surface area contributed by atoms with Gasteiger partial charge in [0.05, 0.1) is 19.3 Å². The summed E-state index contributed by atoms with van der Waals surface area (Å²) in [6, 6.07) is 15.1. The first kappa shape index (κ1) is 20.0. The Labute approximate surface area is 169 Å². The molecule has 3 rings (SSSR count). The summed E-state index contributed by atoms with van der Waals surface area (Å²) in [7, 11) is 1.63. The van der Waals surface area contributed by atoms with Crippen LogP contribution >= 0.6 is 11.6 Å². The number of hydrogen-bond acceptors (Lipinski definition) is 4. The standard InChI is InChI=1S/C22H23ClN2O3/c1-3-19(15-6-10-18(27-2)11-7-15)25-21(26)12-13-22-24-14-20(28-22)16-4-8-17(23)9-5-16/h4-11,14,19H,3,12-13H2,1-2H3,(H,25,26)/t19-/m0/s1. The lowest BCUT2D eigenvalue weighted by Crippen LogP contribution is -2.28. The number of halogens is 1. The van der Waals surface area contributed by atoms with Crippen LogP contribution in [0.3, 0.4) is 0 Å². The molecule has 0 aliphatic heterocycles. The first-order valence-corrected chi connectivity index (χ1v) is 9.60. The van der Waals surface area contributed by atoms with E-state index < -0.39 is 0 Å². The maximum absolute atomic E-state index is 12.4. The van der Waals surface area contributed by atoms with Crippen LogP contribution in [-0.2, 0) is 11.2 Å². The van der Waals surface area contributed by atoms with Gasteiger partial charge in [0.25, 0.3) is 0 Å². The van der Waals surface area contributed by atoms with Crippen molar-refractivity contribution in [3.8, 4) is 17.1 Å². The summed E-state index contributed by atoms with van der Waals surface area (Å²) in [4.78, 5) is 16.6. The predicted octanol–water partition coefficient (Wildman–Crippen LogP) is 5.20. The van der Waals surface area contributed by atoms with Gasteiger partial charge in [-0.3, -0.25) is 4.79 Å². The monoisotopic (exact) mass is 398 g/mol. The third-order valence-electron chi connectivity index (χ3n) is 4.51. The Hall–Kier alpha value is -2.79. The van der Waals surface area contributed by atoms with E-state index in [4.69, 9.17) is 20.8 Å². The van der Waals surface area contributed by atoms with Gasteiger partial charge in [-0.2, -0.15) is 0 Å². The number of ether oxygens (including phenoxy) is 1. The van der Waals surface area contributed by atoms with Crippen LogP contribution in [0.1, 0.15) is 37.3 Å². The molecule has 28 heavy (non-hydrogen) atoms. The van der Waals surface area contributed by atoms with Crippen molar-refractivity contribution >= 4 is 17.5 Å². The number of benzene rings is 2. The topological polar surface area (TPSA) is 64.4 Å². The number of carbonyl (C=O) groups excluding carboxylic acids is 1. The molecule has 0 radical (unpaired) electrons. The van der Waals surface area contributed by atoms with E-state index in [1.54, 1.807) is 25.4 Å². The Bertz CT molecular complexity index is 904. The molecule has 0 aliphatic rings. The molecule has 0 bridgehead atoms. The van der Waals surface area contributed by atoms with Gasteiger partial charge < -0.3 is 14.5 Å². The van der Waals surface area contributed by atoms with E-state index in [9.17, 15) is 4.79 Å². The largest absolute Gasteiger partial charge is 0.497 e. The first-order valence-electron chi connectivity index (χ1n) is 9.23. The smallest absolute Gasteiger partial charge is 0.220 e. The fourth-order valence-corrected chi connectivity index (χ4v) is 3.04. The summed E-state index contributed by atoms with van der Waals surface area (Å²) in [5, 5.41) is 3.74. The van der Waals surface area contributed by atoms with Gasteiger partial charge in [-0.15, -0.1) is 0 Å². The molecule has 0 spiro atoms. The molecule has 1 N–H and O–H groups in total. The number of carbonyl (C=O) groups is 1. The van der Waals surface area contributed by atoms with E-state index in [0.717, 1.165) is 23.3 Å². The molecule has 0 fully saturated rings. The molecule has 1 amide bonds. The van der Waals surface area contributed by atoms with Crippen LogP contribution in [0.2, 0.25) is 5.02 Å². The second kappa shape index (κ2) is 9.42. The molecule has 1 atom stereocenters. The molecule has 0 aliphatic carbocycles. The molecular weight excluding hydrogens is 376 g/mol. The van der Waals surface area contributed by atoms with Crippen LogP contribution < -0.4 is 10.1 Å². The van der Waals surface area contributed by atoms with Crippen LogP contribution in [0.4, 0.5) is 0 Å². The fraction of sp³-hybridized carbons (Fsp3) is 0.273. The van der Waals surface area contributed by atoms with Crippen molar-refractivity contribution in [1.29, 1.82) is 0 Å². The molecule has 0 saturated heterocycles. The molecule has 3 aromatic rings. The molecule has 1 aromatic heterocycles. The Morgan fingerprint density at radius 3 is 2.54 bits per heavy atom. The maximum Gasteiger partial charge on any atom is 0.220 e. The predicted molar refractivity (Wildman–Crippen MR) is 109 cm³/mol. The summed E-state index contributed by atoms with van der Waals surface area (Å²) in [6.45, 7) is 2.04. The van der Waals surface area contributed by atoms with E-state index in [1.165, 1.54) is 0 Å². The van der Waals surface area contributed by atoms with Gasteiger partial charge >= 0.3 is 0 Å². The molecule has 0 unspecified atom stereocenters. The third-order valence-corrected chi connectivity index (χ3v) is 4.76. The molecule has 1 heterocycles. The van der Waals surface area contributed by atoms with Gasteiger partial charge in [-0.1, -0.05) is 30.7 Å². The second-order valence-electron chi connectivity index (χ2n) is 6.43. The fourth-order valence-electron chi connectivity index (χ4n) is 2.92. The van der Waals surface area contributed by atoms with Crippen LogP contribution in [0.5, 0.6) is 5.75 Å². The SMILES string of the molecule is CC[C@H](NC(=O)CCc1ncc(-c2ccc(Cl)cc2)o1)c1ccc(OC)cc1. The van der Waals surface area contributed by atoms with Crippen molar-refractivity contribution in [2.45, 2.75) is 32.2 Å². The van der Waals surface area contributed by atoms with E-state index in [0.29, 0.717) is 29.5 Å². The minimum absolute atomic E-state index is 0.0334. The summed E-state index contributed by atoms with van der Waals surface area (Å²) >= 11 is 5.90. The van der Waals surface area contributed by atoms with Crippen LogP contribution in [0.15, 0.2) is 59.1 Å². The lowest BCUT2D eigenvalue weighted by molar-refractivity contribution is -0.121. The number of nitrogens with one attached hydrogen (secondary N) is 1. The highest BCUT2D eigenvalue weighted by atomic mass is 35.5. The van der Waals surface area contributed by atoms with Crippen molar-refractivity contribution in [3.63, 3.8) is 0 Å². The highest BCUT2D eigenvalue weighted by Crippen LogP contribution is 2.23. The molecule has 146 valence electrons. The summed E-state index contributed by atoms with van der Waals surface area (Å²) < 4.78 is 10.9. The van der Waals surface area contributed by atoms with Gasteiger partial charge in [-0.05, 0) is 48.4 Å². The number of hydrogen-bond donors (Lipinski definition) is 1. The van der Waals surface area contributed by atoms with E-state index in [-0.39, 0.29) is 11.9 Å². The van der Waals surface area contributed by atoms with Crippen molar-refractivity contribution in [3.05, 3.63) is 71.2 Å². The first-order chi connectivity index (χ1) is 13.6. The van der Waals surface area contributed by atoms with Crippen LogP contribution in [0, 0.1) is 0 Å². The van der Waals surface area contributed by atoms with Gasteiger partial charge in [0.15, 0.2) is 11.7 Å². The third kappa shape index (κ3) is 5.14. The summed E-state index contributed by atoms with van der Waals surface area (Å²) in [5.41, 5.74) is 1.95. The zero-order valence-corrected chi connectivity index (χ0v) is 16.7. The molecular formula is C22H23ClN2O3. The van der Waals surface area contributed by atoms with Gasteiger partial charge in [0.2, 0.25) is 5.91 Å². The van der Waals surface area contributed by atoms with Crippen molar-refractivity contribution < 1.29 is 13.9 Å². The number of rotatable bonds is 8. The zero-order valence-electron chi connectivity index (χ0n) is 15.9. The Morgan fingerprint density at radius 2 is 1.89 bits per heavy atom. The number of methoxy groups -OCH3 is 1. The number of oxazole rings is 1. The summed E-state index contributed by atoms with van der Waals surface area (Å²) in [6.07, 6.45) is 3.23. The normalized spacial score (nSPS) is 11.8.